The Morgan fingerprint density at radius 3 is 2.17 bits per heavy atom. The second-order valence-corrected chi connectivity index (χ2v) is 5.99. The molecule has 1 aromatic carbocycles. The van der Waals surface area contributed by atoms with Crippen molar-refractivity contribution < 1.29 is 15.1 Å². The van der Waals surface area contributed by atoms with Gasteiger partial charge in [0.2, 0.25) is 11.8 Å². The van der Waals surface area contributed by atoms with E-state index in [1.165, 1.54) is 16.7 Å². The number of nitro benzene ring substituents is 1. The van der Waals surface area contributed by atoms with E-state index in [4.69, 9.17) is 5.73 Å². The van der Waals surface area contributed by atoms with Crippen molar-refractivity contribution in [3.63, 3.8) is 0 Å². The molecule has 1 heterocycles. The third-order valence-electron chi connectivity index (χ3n) is 4.77. The van der Waals surface area contributed by atoms with Crippen molar-refractivity contribution in [2.45, 2.75) is 24.7 Å². The third kappa shape index (κ3) is 1.76. The molecule has 0 saturated heterocycles. The molecule has 118 valence electrons. The first-order valence-corrected chi connectivity index (χ1v) is 7.38. The highest BCUT2D eigenvalue weighted by Crippen LogP contribution is 2.54. The van der Waals surface area contributed by atoms with Crippen molar-refractivity contribution in [1.82, 2.24) is 4.57 Å². The SMILES string of the molecule is Nc1ccc(-n2c(O)c3c(c2O)[C@H]2C=C[C@@H]3CC2)cc1[N+](=O)[O-]. The van der Waals surface area contributed by atoms with E-state index in [1.54, 1.807) is 6.07 Å². The lowest BCUT2D eigenvalue weighted by molar-refractivity contribution is -0.383. The number of fused-ring (bicyclic) bond motifs is 1. The van der Waals surface area contributed by atoms with Gasteiger partial charge in [-0.2, -0.15) is 0 Å². The van der Waals surface area contributed by atoms with E-state index in [0.29, 0.717) is 5.69 Å². The first kappa shape index (κ1) is 13.7. The predicted molar refractivity (Wildman–Crippen MR) is 84.0 cm³/mol. The van der Waals surface area contributed by atoms with Crippen LogP contribution < -0.4 is 5.73 Å². The normalized spacial score (nSPS) is 21.4. The Labute approximate surface area is 131 Å². The average Bonchev–Trinajstić information content (AvgIpc) is 2.83. The number of nitrogens with two attached hydrogens (primary N) is 1. The second-order valence-electron chi connectivity index (χ2n) is 5.99. The van der Waals surface area contributed by atoms with E-state index in [-0.39, 0.29) is 35.0 Å². The molecule has 7 nitrogen and oxygen atoms in total. The van der Waals surface area contributed by atoms with Gasteiger partial charge in [-0.1, -0.05) is 12.2 Å². The molecular weight excluding hydrogens is 298 g/mol. The van der Waals surface area contributed by atoms with E-state index in [2.05, 4.69) is 0 Å². The molecule has 2 bridgehead atoms. The number of hydrogen-bond acceptors (Lipinski definition) is 5. The van der Waals surface area contributed by atoms with Gasteiger partial charge in [0, 0.05) is 29.0 Å². The lowest BCUT2D eigenvalue weighted by Gasteiger charge is -2.30. The van der Waals surface area contributed by atoms with Crippen molar-refractivity contribution in [1.29, 1.82) is 0 Å². The van der Waals surface area contributed by atoms with E-state index in [9.17, 15) is 20.3 Å². The minimum absolute atomic E-state index is 0.0383. The average molecular weight is 313 g/mol. The standard InChI is InChI=1S/C16H15N3O4/c17-11-6-5-10(7-12(11)19(22)23)18-15(20)13-8-1-2-9(4-3-8)14(13)16(18)21/h1-2,5-9,20-21H,3-4,17H2/t8-,9+. The third-order valence-corrected chi connectivity index (χ3v) is 4.77. The summed E-state index contributed by atoms with van der Waals surface area (Å²) in [5.74, 6) is 0.0306. The summed E-state index contributed by atoms with van der Waals surface area (Å²) in [5, 5.41) is 32.3. The predicted octanol–water partition coefficient (Wildman–Crippen LogP) is 2.91. The molecule has 3 aliphatic carbocycles. The summed E-state index contributed by atoms with van der Waals surface area (Å²) >= 11 is 0. The van der Waals surface area contributed by atoms with Crippen LogP contribution in [0.4, 0.5) is 11.4 Å². The van der Waals surface area contributed by atoms with Crippen molar-refractivity contribution in [3.8, 4) is 17.4 Å². The second kappa shape index (κ2) is 4.52. The molecule has 0 radical (unpaired) electrons. The van der Waals surface area contributed by atoms with E-state index in [0.717, 1.165) is 24.0 Å². The molecule has 0 saturated carbocycles. The van der Waals surface area contributed by atoms with Crippen LogP contribution in [0.1, 0.15) is 35.8 Å². The molecule has 5 rings (SSSR count). The monoisotopic (exact) mass is 313 g/mol. The Bertz CT molecular complexity index is 831. The molecule has 23 heavy (non-hydrogen) atoms. The fourth-order valence-corrected chi connectivity index (χ4v) is 3.69. The van der Waals surface area contributed by atoms with Gasteiger partial charge in [-0.25, -0.2) is 0 Å². The van der Waals surface area contributed by atoms with Gasteiger partial charge in [-0.05, 0) is 25.0 Å². The minimum Gasteiger partial charge on any atom is -0.494 e. The number of anilines is 1. The quantitative estimate of drug-likeness (QED) is 0.341. The van der Waals surface area contributed by atoms with Crippen molar-refractivity contribution in [3.05, 3.63) is 51.6 Å². The Balaban J connectivity index is 1.94. The van der Waals surface area contributed by atoms with E-state index in [1.807, 2.05) is 12.2 Å². The number of nitro groups is 1. The number of nitrogen functional groups attached to an aromatic ring is 1. The molecule has 0 amide bonds. The van der Waals surface area contributed by atoms with E-state index >= 15 is 0 Å². The summed E-state index contributed by atoms with van der Waals surface area (Å²) < 4.78 is 1.26. The van der Waals surface area contributed by atoms with Crippen molar-refractivity contribution in [2.75, 3.05) is 5.73 Å². The molecular formula is C16H15N3O4. The van der Waals surface area contributed by atoms with Crippen LogP contribution in [0.25, 0.3) is 5.69 Å². The fraction of sp³-hybridized carbons (Fsp3) is 0.250. The number of aromatic nitrogens is 1. The molecule has 0 spiro atoms. The maximum atomic E-state index is 11.1. The first-order valence-electron chi connectivity index (χ1n) is 7.38. The van der Waals surface area contributed by atoms with Gasteiger partial charge in [0.15, 0.2) is 0 Å². The number of hydrogen-bond donors (Lipinski definition) is 3. The number of allylic oxidation sites excluding steroid dienone is 2. The zero-order valence-electron chi connectivity index (χ0n) is 12.1. The highest BCUT2D eigenvalue weighted by Gasteiger charge is 2.38. The smallest absolute Gasteiger partial charge is 0.294 e. The Morgan fingerprint density at radius 2 is 1.70 bits per heavy atom. The minimum atomic E-state index is -0.582. The summed E-state index contributed by atoms with van der Waals surface area (Å²) in [4.78, 5) is 10.5. The molecule has 3 aliphatic rings. The van der Waals surface area contributed by atoms with Crippen LogP contribution in [0.2, 0.25) is 0 Å². The van der Waals surface area contributed by atoms with Crippen LogP contribution in [0, 0.1) is 10.1 Å². The van der Waals surface area contributed by atoms with Gasteiger partial charge in [-0.15, -0.1) is 0 Å². The maximum Gasteiger partial charge on any atom is 0.294 e. The summed E-state index contributed by atoms with van der Waals surface area (Å²) in [7, 11) is 0. The maximum absolute atomic E-state index is 11.1. The summed E-state index contributed by atoms with van der Waals surface area (Å²) in [6.07, 6.45) is 5.94. The van der Waals surface area contributed by atoms with E-state index < -0.39 is 4.92 Å². The molecule has 1 aromatic heterocycles. The molecule has 7 heteroatoms. The van der Waals surface area contributed by atoms with Crippen LogP contribution >= 0.6 is 0 Å². The van der Waals surface area contributed by atoms with Crippen LogP contribution in [0.5, 0.6) is 11.8 Å². The molecule has 0 aliphatic heterocycles. The van der Waals surface area contributed by atoms with Crippen LogP contribution in [0.15, 0.2) is 30.4 Å². The Hall–Kier alpha value is -2.96. The van der Waals surface area contributed by atoms with Gasteiger partial charge < -0.3 is 15.9 Å². The summed E-state index contributed by atoms with van der Waals surface area (Å²) in [5.41, 5.74) is 7.15. The van der Waals surface area contributed by atoms with Gasteiger partial charge in [0.1, 0.15) is 5.69 Å². The molecule has 2 atom stereocenters. The largest absolute Gasteiger partial charge is 0.494 e. The van der Waals surface area contributed by atoms with Crippen molar-refractivity contribution >= 4 is 11.4 Å². The number of aromatic hydroxyl groups is 2. The lowest BCUT2D eigenvalue weighted by atomic mass is 9.73. The first-order chi connectivity index (χ1) is 11.0. The highest BCUT2D eigenvalue weighted by atomic mass is 16.6. The number of rotatable bonds is 2. The number of nitrogens with zero attached hydrogens (tertiary/aromatic N) is 2. The Morgan fingerprint density at radius 1 is 1.13 bits per heavy atom. The van der Waals surface area contributed by atoms with Crippen molar-refractivity contribution in [2.24, 2.45) is 0 Å². The highest BCUT2D eigenvalue weighted by molar-refractivity contribution is 5.66. The zero-order valence-corrected chi connectivity index (χ0v) is 12.1. The van der Waals surface area contributed by atoms with Crippen LogP contribution in [-0.2, 0) is 0 Å². The van der Waals surface area contributed by atoms with Gasteiger partial charge in [0.25, 0.3) is 5.69 Å². The van der Waals surface area contributed by atoms with Gasteiger partial charge >= 0.3 is 0 Å². The zero-order chi connectivity index (χ0) is 16.3. The van der Waals surface area contributed by atoms with Crippen LogP contribution in [0.3, 0.4) is 0 Å². The molecule has 0 fully saturated rings. The van der Waals surface area contributed by atoms with Crippen LogP contribution in [-0.4, -0.2) is 19.7 Å². The van der Waals surface area contributed by atoms with Gasteiger partial charge in [0.05, 0.1) is 10.6 Å². The topological polar surface area (TPSA) is 115 Å². The molecule has 0 unspecified atom stereocenters. The lowest BCUT2D eigenvalue weighted by Crippen LogP contribution is -2.15. The Kier molecular flexibility index (Phi) is 2.69. The summed E-state index contributed by atoms with van der Waals surface area (Å²) in [6, 6.07) is 4.20. The van der Waals surface area contributed by atoms with Gasteiger partial charge in [-0.3, -0.25) is 14.7 Å². The molecule has 4 N–H and O–H groups in total. The molecule has 2 aromatic rings. The summed E-state index contributed by atoms with van der Waals surface area (Å²) in [6.45, 7) is 0. The number of benzene rings is 1. The fourth-order valence-electron chi connectivity index (χ4n) is 3.69.